The third kappa shape index (κ3) is 20.1. The highest BCUT2D eigenvalue weighted by molar-refractivity contribution is 6.17. The molecule has 0 aromatic heterocycles. The zero-order valence-corrected chi connectivity index (χ0v) is 14.1. The Balaban J connectivity index is 2.90. The Morgan fingerprint density at radius 2 is 0.905 bits per heavy atom. The van der Waals surface area contributed by atoms with E-state index in [4.69, 9.17) is 35.3 Å². The second kappa shape index (κ2) is 20.1. The number of unbranched alkanes of at least 4 members (excludes halogenated alkanes) is 2. The van der Waals surface area contributed by atoms with Crippen molar-refractivity contribution >= 4 is 11.6 Å². The molecule has 0 saturated heterocycles. The smallest absolute Gasteiger partial charge is 0.0701 e. The van der Waals surface area contributed by atoms with Gasteiger partial charge >= 0.3 is 0 Å². The lowest BCUT2D eigenvalue weighted by atomic mass is 10.3. The molecule has 0 radical (unpaired) electrons. The van der Waals surface area contributed by atoms with E-state index in [1.807, 2.05) is 0 Å². The van der Waals surface area contributed by atoms with E-state index in [1.165, 1.54) is 12.8 Å². The van der Waals surface area contributed by atoms with Crippen LogP contribution >= 0.6 is 11.6 Å². The highest BCUT2D eigenvalue weighted by atomic mass is 35.5. The molecule has 0 atom stereocenters. The van der Waals surface area contributed by atoms with Crippen LogP contribution in [-0.2, 0) is 23.7 Å². The Morgan fingerprint density at radius 3 is 1.29 bits per heavy atom. The highest BCUT2D eigenvalue weighted by Crippen LogP contribution is 1.93. The molecule has 128 valence electrons. The van der Waals surface area contributed by atoms with Crippen LogP contribution in [0.4, 0.5) is 0 Å². The monoisotopic (exact) mass is 326 g/mol. The Morgan fingerprint density at radius 1 is 0.524 bits per heavy atom. The average Bonchev–Trinajstić information content (AvgIpc) is 2.50. The minimum absolute atomic E-state index is 0.521. The van der Waals surface area contributed by atoms with Crippen LogP contribution < -0.4 is 0 Å². The first kappa shape index (κ1) is 21.1. The largest absolute Gasteiger partial charge is 0.379 e. The molecule has 0 N–H and O–H groups in total. The van der Waals surface area contributed by atoms with E-state index in [2.05, 4.69) is 6.92 Å². The van der Waals surface area contributed by atoms with Crippen LogP contribution in [0.2, 0.25) is 0 Å². The Labute approximate surface area is 134 Å². The van der Waals surface area contributed by atoms with Crippen molar-refractivity contribution in [3.05, 3.63) is 0 Å². The van der Waals surface area contributed by atoms with Gasteiger partial charge in [0.25, 0.3) is 0 Å². The lowest BCUT2D eigenvalue weighted by Crippen LogP contribution is -2.13. The van der Waals surface area contributed by atoms with E-state index < -0.39 is 0 Å². The summed E-state index contributed by atoms with van der Waals surface area (Å²) in [6.45, 7) is 8.36. The second-order valence-corrected chi connectivity index (χ2v) is 4.84. The Hall–Kier alpha value is 0.0900. The van der Waals surface area contributed by atoms with Crippen LogP contribution in [-0.4, -0.2) is 71.9 Å². The fourth-order valence-electron chi connectivity index (χ4n) is 1.49. The molecule has 6 heteroatoms. The molecule has 0 unspecified atom stereocenters. The number of rotatable bonds is 18. The zero-order chi connectivity index (χ0) is 15.4. The lowest BCUT2D eigenvalue weighted by Gasteiger charge is -2.07. The van der Waals surface area contributed by atoms with Gasteiger partial charge in [0.15, 0.2) is 0 Å². The van der Waals surface area contributed by atoms with Gasteiger partial charge < -0.3 is 23.7 Å². The van der Waals surface area contributed by atoms with Gasteiger partial charge in [-0.15, -0.1) is 11.6 Å². The van der Waals surface area contributed by atoms with Crippen LogP contribution in [0.15, 0.2) is 0 Å². The summed E-state index contributed by atoms with van der Waals surface area (Å²) in [4.78, 5) is 0. The minimum Gasteiger partial charge on any atom is -0.379 e. The number of halogens is 1. The van der Waals surface area contributed by atoms with E-state index >= 15 is 0 Å². The summed E-state index contributed by atoms with van der Waals surface area (Å²) < 4.78 is 26.7. The first-order valence-electron chi connectivity index (χ1n) is 7.86. The first-order valence-corrected chi connectivity index (χ1v) is 8.40. The molecule has 0 aromatic carbocycles. The van der Waals surface area contributed by atoms with Crippen molar-refractivity contribution in [1.82, 2.24) is 0 Å². The lowest BCUT2D eigenvalue weighted by molar-refractivity contribution is -0.0103. The van der Waals surface area contributed by atoms with Crippen molar-refractivity contribution in [1.29, 1.82) is 0 Å². The van der Waals surface area contributed by atoms with Crippen molar-refractivity contribution in [2.45, 2.75) is 26.2 Å². The molecular weight excluding hydrogens is 296 g/mol. The summed E-state index contributed by atoms with van der Waals surface area (Å²) in [6.07, 6.45) is 3.59. The van der Waals surface area contributed by atoms with Crippen molar-refractivity contribution in [3.63, 3.8) is 0 Å². The van der Waals surface area contributed by atoms with Gasteiger partial charge in [-0.05, 0) is 6.42 Å². The van der Waals surface area contributed by atoms with E-state index in [0.717, 1.165) is 13.0 Å². The first-order chi connectivity index (χ1) is 10.4. The number of hydrogen-bond donors (Lipinski definition) is 0. The molecule has 0 bridgehead atoms. The van der Waals surface area contributed by atoms with Gasteiger partial charge in [-0.2, -0.15) is 0 Å². The van der Waals surface area contributed by atoms with Crippen LogP contribution in [0.3, 0.4) is 0 Å². The SMILES string of the molecule is CCCCCOCCOCCOCCOCCOCCCl. The van der Waals surface area contributed by atoms with E-state index in [0.29, 0.717) is 65.3 Å². The van der Waals surface area contributed by atoms with Crippen LogP contribution in [0.1, 0.15) is 26.2 Å². The van der Waals surface area contributed by atoms with Gasteiger partial charge in [-0.25, -0.2) is 0 Å². The number of hydrogen-bond acceptors (Lipinski definition) is 5. The normalized spacial score (nSPS) is 11.1. The van der Waals surface area contributed by atoms with E-state index in [9.17, 15) is 0 Å². The van der Waals surface area contributed by atoms with Gasteiger partial charge in [-0.3, -0.25) is 0 Å². The molecule has 0 spiro atoms. The molecule has 0 aliphatic carbocycles. The predicted molar refractivity (Wildman–Crippen MR) is 84.3 cm³/mol. The average molecular weight is 327 g/mol. The Kier molecular flexibility index (Phi) is 20.2. The molecule has 0 fully saturated rings. The van der Waals surface area contributed by atoms with Crippen molar-refractivity contribution in [2.24, 2.45) is 0 Å². The minimum atomic E-state index is 0.521. The maximum Gasteiger partial charge on any atom is 0.0701 e. The number of alkyl halides is 1. The third-order valence-electron chi connectivity index (χ3n) is 2.60. The number of ether oxygens (including phenoxy) is 5. The van der Waals surface area contributed by atoms with E-state index in [1.54, 1.807) is 0 Å². The van der Waals surface area contributed by atoms with Crippen molar-refractivity contribution < 1.29 is 23.7 Å². The van der Waals surface area contributed by atoms with Crippen LogP contribution in [0.25, 0.3) is 0 Å². The molecule has 0 amide bonds. The Bertz CT molecular complexity index is 165. The molecule has 21 heavy (non-hydrogen) atoms. The molecule has 0 aliphatic rings. The summed E-state index contributed by atoms with van der Waals surface area (Å²) in [5.41, 5.74) is 0. The zero-order valence-electron chi connectivity index (χ0n) is 13.3. The molecular formula is C15H31ClO5. The van der Waals surface area contributed by atoms with Crippen LogP contribution in [0, 0.1) is 0 Å². The standard InChI is InChI=1S/C15H31ClO5/c1-2-3-4-6-17-8-10-19-12-14-21-15-13-20-11-9-18-7-5-16/h2-15H2,1H3. The summed E-state index contributed by atoms with van der Waals surface area (Å²) in [7, 11) is 0. The molecule has 0 heterocycles. The van der Waals surface area contributed by atoms with Crippen molar-refractivity contribution in [2.75, 3.05) is 71.9 Å². The van der Waals surface area contributed by atoms with Gasteiger partial charge in [0, 0.05) is 12.5 Å². The topological polar surface area (TPSA) is 46.2 Å². The molecule has 0 rings (SSSR count). The summed E-state index contributed by atoms with van der Waals surface area (Å²) >= 11 is 5.47. The maximum absolute atomic E-state index is 5.47. The molecule has 0 aromatic rings. The molecule has 5 nitrogen and oxygen atoms in total. The van der Waals surface area contributed by atoms with Gasteiger partial charge in [-0.1, -0.05) is 19.8 Å². The van der Waals surface area contributed by atoms with Gasteiger partial charge in [0.05, 0.1) is 59.5 Å². The summed E-state index contributed by atoms with van der Waals surface area (Å²) in [6, 6.07) is 0. The van der Waals surface area contributed by atoms with E-state index in [-0.39, 0.29) is 0 Å². The van der Waals surface area contributed by atoms with Crippen LogP contribution in [0.5, 0.6) is 0 Å². The quantitative estimate of drug-likeness (QED) is 0.286. The fourth-order valence-corrected chi connectivity index (χ4v) is 1.60. The maximum atomic E-state index is 5.47. The third-order valence-corrected chi connectivity index (χ3v) is 2.76. The fraction of sp³-hybridized carbons (Fsp3) is 1.00. The predicted octanol–water partition coefficient (Wildman–Crippen LogP) is 2.50. The molecule has 0 saturated carbocycles. The summed E-state index contributed by atoms with van der Waals surface area (Å²) in [5.74, 6) is 0.521. The van der Waals surface area contributed by atoms with Gasteiger partial charge in [0.2, 0.25) is 0 Å². The van der Waals surface area contributed by atoms with Crippen molar-refractivity contribution in [3.8, 4) is 0 Å². The molecule has 0 aliphatic heterocycles. The highest BCUT2D eigenvalue weighted by Gasteiger charge is 1.93. The summed E-state index contributed by atoms with van der Waals surface area (Å²) in [5, 5.41) is 0. The van der Waals surface area contributed by atoms with Gasteiger partial charge in [0.1, 0.15) is 0 Å². The second-order valence-electron chi connectivity index (χ2n) is 4.46.